The van der Waals surface area contributed by atoms with Gasteiger partial charge in [-0.15, -0.1) is 0 Å². The molecule has 102 valence electrons. The van der Waals surface area contributed by atoms with Crippen molar-refractivity contribution in [1.82, 2.24) is 0 Å². The summed E-state index contributed by atoms with van der Waals surface area (Å²) in [5.74, 6) is 0.563. The summed E-state index contributed by atoms with van der Waals surface area (Å²) >= 11 is 5.89. The Bertz CT molecular complexity index is 485. The van der Waals surface area contributed by atoms with Gasteiger partial charge in [0.1, 0.15) is 12.4 Å². The van der Waals surface area contributed by atoms with Crippen LogP contribution < -0.4 is 4.74 Å². The summed E-state index contributed by atoms with van der Waals surface area (Å²) in [5, 5.41) is 9.57. The zero-order valence-corrected chi connectivity index (χ0v) is 11.8. The van der Waals surface area contributed by atoms with Crippen LogP contribution in [0, 0.1) is 0 Å². The van der Waals surface area contributed by atoms with Crippen LogP contribution in [-0.4, -0.2) is 31.6 Å². The predicted octanol–water partition coefficient (Wildman–Crippen LogP) is 2.04. The van der Waals surface area contributed by atoms with E-state index in [1.807, 2.05) is 6.92 Å². The molecule has 0 saturated heterocycles. The lowest BCUT2D eigenvalue weighted by Gasteiger charge is -2.11. The molecule has 0 spiro atoms. The van der Waals surface area contributed by atoms with E-state index < -0.39 is 9.84 Å². The highest BCUT2D eigenvalue weighted by Gasteiger charge is 2.11. The summed E-state index contributed by atoms with van der Waals surface area (Å²) in [6.45, 7) is 1.64. The summed E-state index contributed by atoms with van der Waals surface area (Å²) in [6, 6.07) is 5.00. The molecule has 1 N–H and O–H groups in total. The molecule has 0 radical (unpaired) electrons. The van der Waals surface area contributed by atoms with Gasteiger partial charge in [0, 0.05) is 10.6 Å². The Balaban J connectivity index is 2.62. The van der Waals surface area contributed by atoms with Gasteiger partial charge in [0.25, 0.3) is 0 Å². The number of ether oxygens (including phenoxy) is 1. The first-order valence-electron chi connectivity index (χ1n) is 5.71. The third-order valence-corrected chi connectivity index (χ3v) is 4.57. The molecule has 0 amide bonds. The molecule has 0 aliphatic rings. The van der Waals surface area contributed by atoms with Gasteiger partial charge >= 0.3 is 0 Å². The van der Waals surface area contributed by atoms with Gasteiger partial charge in [-0.05, 0) is 18.6 Å². The fourth-order valence-electron chi connectivity index (χ4n) is 1.52. The van der Waals surface area contributed by atoms with Crippen LogP contribution in [0.15, 0.2) is 18.2 Å². The van der Waals surface area contributed by atoms with E-state index >= 15 is 0 Å². The summed E-state index contributed by atoms with van der Waals surface area (Å²) < 4.78 is 28.3. The number of benzene rings is 1. The third-order valence-electron chi connectivity index (χ3n) is 2.40. The Kier molecular flexibility index (Phi) is 5.91. The Morgan fingerprint density at radius 1 is 1.33 bits per heavy atom. The van der Waals surface area contributed by atoms with Crippen LogP contribution in [0.25, 0.3) is 0 Å². The number of aliphatic hydroxyl groups is 1. The number of hydrogen-bond acceptors (Lipinski definition) is 4. The van der Waals surface area contributed by atoms with Crippen LogP contribution in [0.5, 0.6) is 5.75 Å². The first-order valence-corrected chi connectivity index (χ1v) is 7.91. The van der Waals surface area contributed by atoms with Crippen molar-refractivity contribution in [2.75, 3.05) is 18.1 Å². The highest BCUT2D eigenvalue weighted by molar-refractivity contribution is 7.91. The van der Waals surface area contributed by atoms with Crippen LogP contribution >= 0.6 is 11.6 Å². The van der Waals surface area contributed by atoms with Gasteiger partial charge in [0.05, 0.1) is 18.1 Å². The quantitative estimate of drug-likeness (QED) is 0.835. The molecular formula is C12H17ClO4S. The maximum Gasteiger partial charge on any atom is 0.153 e. The molecular weight excluding hydrogens is 276 g/mol. The first kappa shape index (κ1) is 15.3. The molecule has 1 aromatic rings. The van der Waals surface area contributed by atoms with Gasteiger partial charge in [-0.2, -0.15) is 0 Å². The van der Waals surface area contributed by atoms with Crippen molar-refractivity contribution in [1.29, 1.82) is 0 Å². The van der Waals surface area contributed by atoms with Crippen molar-refractivity contribution < 1.29 is 18.3 Å². The first-order chi connectivity index (χ1) is 8.50. The van der Waals surface area contributed by atoms with Gasteiger partial charge in [-0.25, -0.2) is 8.42 Å². The molecule has 1 rings (SSSR count). The van der Waals surface area contributed by atoms with Crippen molar-refractivity contribution in [2.24, 2.45) is 0 Å². The molecule has 0 bridgehead atoms. The topological polar surface area (TPSA) is 63.6 Å². The molecule has 18 heavy (non-hydrogen) atoms. The monoisotopic (exact) mass is 292 g/mol. The Morgan fingerprint density at radius 2 is 2.06 bits per heavy atom. The minimum Gasteiger partial charge on any atom is -0.492 e. The van der Waals surface area contributed by atoms with E-state index in [-0.39, 0.29) is 24.7 Å². The predicted molar refractivity (Wildman–Crippen MR) is 71.8 cm³/mol. The van der Waals surface area contributed by atoms with E-state index in [0.29, 0.717) is 22.8 Å². The van der Waals surface area contributed by atoms with Crippen molar-refractivity contribution >= 4 is 21.4 Å². The van der Waals surface area contributed by atoms with E-state index in [1.165, 1.54) is 0 Å². The van der Waals surface area contributed by atoms with E-state index in [4.69, 9.17) is 21.4 Å². The number of sulfone groups is 1. The fourth-order valence-corrected chi connectivity index (χ4v) is 2.91. The van der Waals surface area contributed by atoms with E-state index in [1.54, 1.807) is 18.2 Å². The molecule has 0 fully saturated rings. The molecule has 0 atom stereocenters. The summed E-state index contributed by atoms with van der Waals surface area (Å²) in [7, 11) is -3.05. The van der Waals surface area contributed by atoms with Crippen LogP contribution in [0.3, 0.4) is 0 Å². The lowest BCUT2D eigenvalue weighted by Crippen LogP contribution is -2.17. The summed E-state index contributed by atoms with van der Waals surface area (Å²) in [6.07, 6.45) is 0.599. The second-order valence-corrected chi connectivity index (χ2v) is 6.59. The highest BCUT2D eigenvalue weighted by atomic mass is 35.5. The molecule has 4 nitrogen and oxygen atoms in total. The standard InChI is InChI=1S/C12H17ClO4S/c1-2-7-18(15,16)8-6-17-12-5-3-4-11(13)10(12)9-14/h3-5,14H,2,6-9H2,1H3. The second kappa shape index (κ2) is 6.97. The van der Waals surface area contributed by atoms with Crippen molar-refractivity contribution in [2.45, 2.75) is 20.0 Å². The molecule has 0 aliphatic heterocycles. The molecule has 0 heterocycles. The van der Waals surface area contributed by atoms with Gasteiger partial charge in [0.15, 0.2) is 9.84 Å². The number of halogens is 1. The molecule has 0 saturated carbocycles. The van der Waals surface area contributed by atoms with Crippen molar-refractivity contribution in [3.63, 3.8) is 0 Å². The average Bonchev–Trinajstić information content (AvgIpc) is 2.29. The molecule has 1 aromatic carbocycles. The number of hydrogen-bond donors (Lipinski definition) is 1. The Labute approximate surface area is 112 Å². The number of aliphatic hydroxyl groups excluding tert-OH is 1. The smallest absolute Gasteiger partial charge is 0.153 e. The minimum atomic E-state index is -3.05. The second-order valence-electron chi connectivity index (χ2n) is 3.87. The normalized spacial score (nSPS) is 11.5. The van der Waals surface area contributed by atoms with Crippen LogP contribution in [0.2, 0.25) is 5.02 Å². The summed E-state index contributed by atoms with van der Waals surface area (Å²) in [5.41, 5.74) is 0.479. The fraction of sp³-hybridized carbons (Fsp3) is 0.500. The van der Waals surface area contributed by atoms with Gasteiger partial charge < -0.3 is 9.84 Å². The molecule has 6 heteroatoms. The van der Waals surface area contributed by atoms with Crippen molar-refractivity contribution in [3.05, 3.63) is 28.8 Å². The van der Waals surface area contributed by atoms with E-state index in [0.717, 1.165) is 0 Å². The Morgan fingerprint density at radius 3 is 2.67 bits per heavy atom. The average molecular weight is 293 g/mol. The Hall–Kier alpha value is -0.780. The van der Waals surface area contributed by atoms with Crippen LogP contribution in [0.4, 0.5) is 0 Å². The zero-order chi connectivity index (χ0) is 13.6. The molecule has 0 unspecified atom stereocenters. The summed E-state index contributed by atoms with van der Waals surface area (Å²) in [4.78, 5) is 0. The van der Waals surface area contributed by atoms with E-state index in [9.17, 15) is 8.42 Å². The van der Waals surface area contributed by atoms with Gasteiger partial charge in [-0.3, -0.25) is 0 Å². The number of rotatable bonds is 7. The molecule has 0 aromatic heterocycles. The SMILES string of the molecule is CCCS(=O)(=O)CCOc1cccc(Cl)c1CO. The maximum absolute atomic E-state index is 11.5. The largest absolute Gasteiger partial charge is 0.492 e. The lowest BCUT2D eigenvalue weighted by molar-refractivity contribution is 0.267. The molecule has 0 aliphatic carbocycles. The van der Waals surface area contributed by atoms with E-state index in [2.05, 4.69) is 0 Å². The minimum absolute atomic E-state index is 0.0295. The third kappa shape index (κ3) is 4.48. The van der Waals surface area contributed by atoms with Crippen molar-refractivity contribution in [3.8, 4) is 5.75 Å². The van der Waals surface area contributed by atoms with Crippen LogP contribution in [0.1, 0.15) is 18.9 Å². The maximum atomic E-state index is 11.5. The zero-order valence-electron chi connectivity index (χ0n) is 10.2. The van der Waals surface area contributed by atoms with Crippen LogP contribution in [-0.2, 0) is 16.4 Å². The lowest BCUT2D eigenvalue weighted by atomic mass is 10.2. The van der Waals surface area contributed by atoms with Gasteiger partial charge in [-0.1, -0.05) is 24.6 Å². The van der Waals surface area contributed by atoms with Gasteiger partial charge in [0.2, 0.25) is 0 Å². The highest BCUT2D eigenvalue weighted by Crippen LogP contribution is 2.26.